The lowest BCUT2D eigenvalue weighted by Gasteiger charge is -2.30. The SMILES string of the molecule is CCCCCCCCCC(=O)N(CC(=O)N(CCc1c[nH]c2ccccc12)Cc1ccc(C)cc1)C(C)C. The Labute approximate surface area is 229 Å². The molecule has 1 heterocycles. The van der Waals surface area contributed by atoms with Crippen molar-refractivity contribution >= 4 is 22.7 Å². The first-order valence-electron chi connectivity index (χ1n) is 14.6. The maximum absolute atomic E-state index is 13.7. The van der Waals surface area contributed by atoms with Gasteiger partial charge in [-0.1, -0.05) is 93.5 Å². The van der Waals surface area contributed by atoms with Gasteiger partial charge >= 0.3 is 0 Å². The number of carbonyl (C=O) groups excluding carboxylic acids is 2. The topological polar surface area (TPSA) is 56.4 Å². The highest BCUT2D eigenvalue weighted by atomic mass is 16.2. The summed E-state index contributed by atoms with van der Waals surface area (Å²) < 4.78 is 0. The standard InChI is InChI=1S/C33H47N3O2/c1-5-6-7-8-9-10-11-16-32(37)36(26(2)3)25-33(38)35(24-28-19-17-27(4)18-20-28)22-21-29-23-34-31-15-13-12-14-30(29)31/h12-15,17-20,23,26,34H,5-11,16,21-22,24-25H2,1-4H3. The summed E-state index contributed by atoms with van der Waals surface area (Å²) in [7, 11) is 0. The van der Waals surface area contributed by atoms with Gasteiger partial charge in [0, 0.05) is 42.7 Å². The van der Waals surface area contributed by atoms with Crippen molar-refractivity contribution in [3.05, 3.63) is 71.4 Å². The molecule has 2 amide bonds. The van der Waals surface area contributed by atoms with E-state index in [0.29, 0.717) is 19.5 Å². The van der Waals surface area contributed by atoms with Crippen molar-refractivity contribution in [2.75, 3.05) is 13.1 Å². The Morgan fingerprint density at radius 2 is 1.55 bits per heavy atom. The fraction of sp³-hybridized carbons (Fsp3) is 0.515. The van der Waals surface area contributed by atoms with E-state index >= 15 is 0 Å². The van der Waals surface area contributed by atoms with Crippen LogP contribution in [0.5, 0.6) is 0 Å². The van der Waals surface area contributed by atoms with E-state index < -0.39 is 0 Å². The second-order valence-electron chi connectivity index (χ2n) is 10.9. The zero-order valence-electron chi connectivity index (χ0n) is 24.0. The molecule has 1 aromatic heterocycles. The van der Waals surface area contributed by atoms with Crippen molar-refractivity contribution in [3.8, 4) is 0 Å². The molecule has 0 bridgehead atoms. The number of nitrogens with zero attached hydrogens (tertiary/aromatic N) is 2. The second kappa shape index (κ2) is 15.4. The number of carbonyl (C=O) groups is 2. The van der Waals surface area contributed by atoms with Gasteiger partial charge in [0.2, 0.25) is 11.8 Å². The number of rotatable bonds is 16. The van der Waals surface area contributed by atoms with Crippen LogP contribution in [0.3, 0.4) is 0 Å². The van der Waals surface area contributed by atoms with Gasteiger partial charge in [-0.05, 0) is 50.8 Å². The highest BCUT2D eigenvalue weighted by Gasteiger charge is 2.23. The Morgan fingerprint density at radius 3 is 2.26 bits per heavy atom. The molecule has 5 nitrogen and oxygen atoms in total. The predicted molar refractivity (Wildman–Crippen MR) is 158 cm³/mol. The Balaban J connectivity index is 1.63. The Bertz CT molecular complexity index is 1130. The Hall–Kier alpha value is -3.08. The van der Waals surface area contributed by atoms with E-state index in [1.54, 1.807) is 4.90 Å². The number of para-hydroxylation sites is 1. The maximum Gasteiger partial charge on any atom is 0.242 e. The minimum Gasteiger partial charge on any atom is -0.361 e. The molecule has 2 aromatic carbocycles. The van der Waals surface area contributed by atoms with Crippen molar-refractivity contribution in [2.24, 2.45) is 0 Å². The van der Waals surface area contributed by atoms with Gasteiger partial charge in [0.1, 0.15) is 0 Å². The zero-order valence-corrected chi connectivity index (χ0v) is 24.0. The number of benzene rings is 2. The molecule has 3 rings (SSSR count). The number of aromatic nitrogens is 1. The summed E-state index contributed by atoms with van der Waals surface area (Å²) in [6.45, 7) is 9.59. The van der Waals surface area contributed by atoms with E-state index in [4.69, 9.17) is 0 Å². The molecule has 0 fully saturated rings. The average molecular weight is 518 g/mol. The summed E-state index contributed by atoms with van der Waals surface area (Å²) in [5.74, 6) is 0.0980. The van der Waals surface area contributed by atoms with E-state index in [2.05, 4.69) is 55.2 Å². The van der Waals surface area contributed by atoms with E-state index in [0.717, 1.165) is 30.3 Å². The average Bonchev–Trinajstić information content (AvgIpc) is 3.33. The van der Waals surface area contributed by atoms with Gasteiger partial charge < -0.3 is 14.8 Å². The Kier molecular flexibility index (Phi) is 11.9. The minimum atomic E-state index is -0.00848. The van der Waals surface area contributed by atoms with Crippen LogP contribution in [0, 0.1) is 6.92 Å². The largest absolute Gasteiger partial charge is 0.361 e. The predicted octanol–water partition coefficient (Wildman–Crippen LogP) is 7.43. The third kappa shape index (κ3) is 9.04. The van der Waals surface area contributed by atoms with E-state index in [1.807, 2.05) is 37.1 Å². The smallest absolute Gasteiger partial charge is 0.242 e. The summed E-state index contributed by atoms with van der Waals surface area (Å²) in [6, 6.07) is 16.6. The quantitative estimate of drug-likeness (QED) is 0.201. The minimum absolute atomic E-state index is 0.00651. The summed E-state index contributed by atoms with van der Waals surface area (Å²) in [5, 5.41) is 1.20. The molecular formula is C33H47N3O2. The molecule has 0 radical (unpaired) electrons. The lowest BCUT2D eigenvalue weighted by molar-refractivity contribution is -0.142. The molecule has 0 aliphatic heterocycles. The highest BCUT2D eigenvalue weighted by Crippen LogP contribution is 2.19. The van der Waals surface area contributed by atoms with Crippen LogP contribution in [-0.4, -0.2) is 45.7 Å². The Morgan fingerprint density at radius 1 is 0.868 bits per heavy atom. The van der Waals surface area contributed by atoms with Crippen molar-refractivity contribution in [1.82, 2.24) is 14.8 Å². The molecule has 5 heteroatoms. The van der Waals surface area contributed by atoms with Crippen LogP contribution < -0.4 is 0 Å². The summed E-state index contributed by atoms with van der Waals surface area (Å²) in [5.41, 5.74) is 4.62. The van der Waals surface area contributed by atoms with Gasteiger partial charge in [0.25, 0.3) is 0 Å². The van der Waals surface area contributed by atoms with Crippen molar-refractivity contribution in [1.29, 1.82) is 0 Å². The van der Waals surface area contributed by atoms with Crippen molar-refractivity contribution in [2.45, 2.75) is 98.1 Å². The number of amides is 2. The maximum atomic E-state index is 13.7. The van der Waals surface area contributed by atoms with Crippen molar-refractivity contribution in [3.63, 3.8) is 0 Å². The number of aromatic amines is 1. The fourth-order valence-corrected chi connectivity index (χ4v) is 4.98. The van der Waals surface area contributed by atoms with E-state index in [-0.39, 0.29) is 24.4 Å². The van der Waals surface area contributed by atoms with Gasteiger partial charge in [0.15, 0.2) is 0 Å². The molecule has 0 aliphatic carbocycles. The monoisotopic (exact) mass is 517 g/mol. The zero-order chi connectivity index (χ0) is 27.3. The number of hydrogen-bond acceptors (Lipinski definition) is 2. The fourth-order valence-electron chi connectivity index (χ4n) is 4.98. The molecule has 206 valence electrons. The van der Waals surface area contributed by atoms with Crippen LogP contribution in [-0.2, 0) is 22.6 Å². The van der Waals surface area contributed by atoms with Gasteiger partial charge in [-0.3, -0.25) is 9.59 Å². The van der Waals surface area contributed by atoms with Crippen molar-refractivity contribution < 1.29 is 9.59 Å². The van der Waals surface area contributed by atoms with Crippen LogP contribution in [0.15, 0.2) is 54.7 Å². The molecule has 0 saturated heterocycles. The lowest BCUT2D eigenvalue weighted by atomic mass is 10.1. The van der Waals surface area contributed by atoms with Crippen LogP contribution in [0.4, 0.5) is 0 Å². The summed E-state index contributed by atoms with van der Waals surface area (Å²) in [6.07, 6.45) is 11.6. The second-order valence-corrected chi connectivity index (χ2v) is 10.9. The molecule has 0 atom stereocenters. The highest BCUT2D eigenvalue weighted by molar-refractivity contribution is 5.85. The van der Waals surface area contributed by atoms with E-state index in [9.17, 15) is 9.59 Å². The number of hydrogen-bond donors (Lipinski definition) is 1. The first-order valence-corrected chi connectivity index (χ1v) is 14.6. The van der Waals surface area contributed by atoms with Crippen LogP contribution in [0.1, 0.15) is 88.8 Å². The molecule has 0 spiro atoms. The number of aryl methyl sites for hydroxylation is 1. The third-order valence-corrected chi connectivity index (χ3v) is 7.42. The normalized spacial score (nSPS) is 11.3. The molecule has 0 aliphatic rings. The molecular weight excluding hydrogens is 470 g/mol. The summed E-state index contributed by atoms with van der Waals surface area (Å²) in [4.78, 5) is 33.8. The summed E-state index contributed by atoms with van der Waals surface area (Å²) >= 11 is 0. The molecule has 3 aromatic rings. The first kappa shape index (κ1) is 29.5. The van der Waals surface area contributed by atoms with E-state index in [1.165, 1.54) is 48.6 Å². The van der Waals surface area contributed by atoms with Gasteiger partial charge in [-0.2, -0.15) is 0 Å². The van der Waals surface area contributed by atoms with Crippen LogP contribution >= 0.6 is 0 Å². The van der Waals surface area contributed by atoms with Crippen LogP contribution in [0.2, 0.25) is 0 Å². The van der Waals surface area contributed by atoms with Gasteiger partial charge in [0.05, 0.1) is 6.54 Å². The molecule has 0 saturated carbocycles. The number of fused-ring (bicyclic) bond motifs is 1. The number of unbranched alkanes of at least 4 members (excludes halogenated alkanes) is 6. The molecule has 38 heavy (non-hydrogen) atoms. The first-order chi connectivity index (χ1) is 18.4. The number of nitrogens with one attached hydrogen (secondary N) is 1. The number of H-pyrrole nitrogens is 1. The lowest BCUT2D eigenvalue weighted by Crippen LogP contribution is -2.46. The van der Waals surface area contributed by atoms with Gasteiger partial charge in [-0.15, -0.1) is 0 Å². The van der Waals surface area contributed by atoms with Crippen LogP contribution in [0.25, 0.3) is 10.9 Å². The van der Waals surface area contributed by atoms with Gasteiger partial charge in [-0.25, -0.2) is 0 Å². The molecule has 1 N–H and O–H groups in total. The molecule has 0 unspecified atom stereocenters. The third-order valence-electron chi connectivity index (χ3n) is 7.42.